The van der Waals surface area contributed by atoms with Crippen molar-refractivity contribution in [1.29, 1.82) is 0 Å². The Kier molecular flexibility index (Phi) is 5.83. The van der Waals surface area contributed by atoms with Crippen LogP contribution in [0.3, 0.4) is 0 Å². The van der Waals surface area contributed by atoms with Crippen molar-refractivity contribution in [3.05, 3.63) is 87.0 Å². The maximum atomic E-state index is 12.9. The third kappa shape index (κ3) is 4.28. The van der Waals surface area contributed by atoms with Gasteiger partial charge in [-0.1, -0.05) is 31.2 Å². The average molecular weight is 422 g/mol. The topological polar surface area (TPSA) is 56.3 Å². The zero-order valence-electron chi connectivity index (χ0n) is 15.8. The van der Waals surface area contributed by atoms with Gasteiger partial charge in [0, 0.05) is 34.3 Å². The number of esters is 1. The zero-order chi connectivity index (χ0) is 20.2. The lowest BCUT2D eigenvalue weighted by Gasteiger charge is -2.19. The molecule has 0 amide bonds. The molecule has 4 aromatic rings. The number of hydrogen-bond donors (Lipinski definition) is 0. The molecule has 4 nitrogen and oxygen atoms in total. The molecule has 0 saturated carbocycles. The second-order valence-corrected chi connectivity index (χ2v) is 8.43. The normalized spacial score (nSPS) is 13.1. The van der Waals surface area contributed by atoms with Crippen molar-refractivity contribution in [2.24, 2.45) is 5.92 Å². The molecule has 2 unspecified atom stereocenters. The molecule has 0 spiro atoms. The number of benzene rings is 1. The number of hydrogen-bond acceptors (Lipinski definition) is 6. The van der Waals surface area contributed by atoms with Crippen LogP contribution in [0, 0.1) is 5.92 Å². The van der Waals surface area contributed by atoms with Gasteiger partial charge in [0.25, 0.3) is 0 Å². The Labute approximate surface area is 176 Å². The summed E-state index contributed by atoms with van der Waals surface area (Å²) < 4.78 is 5.73. The number of pyridine rings is 1. The number of ether oxygens (including phenoxy) is 1. The Morgan fingerprint density at radius 1 is 1.03 bits per heavy atom. The van der Waals surface area contributed by atoms with Crippen molar-refractivity contribution in [2.45, 2.75) is 19.4 Å². The van der Waals surface area contributed by atoms with Gasteiger partial charge in [0.1, 0.15) is 0 Å². The summed E-state index contributed by atoms with van der Waals surface area (Å²) in [5, 5.41) is 9.46. The average Bonchev–Trinajstić information content (AvgIpc) is 3.46. The Morgan fingerprint density at radius 3 is 2.59 bits per heavy atom. The summed E-state index contributed by atoms with van der Waals surface area (Å²) in [6.07, 6.45) is 3.18. The Morgan fingerprint density at radius 2 is 1.83 bits per heavy atom. The molecule has 6 heteroatoms. The van der Waals surface area contributed by atoms with Gasteiger partial charge in [-0.3, -0.25) is 14.6 Å². The first kappa shape index (κ1) is 19.5. The van der Waals surface area contributed by atoms with Crippen molar-refractivity contribution < 1.29 is 14.3 Å². The van der Waals surface area contributed by atoms with Crippen molar-refractivity contribution in [1.82, 2.24) is 4.98 Å². The summed E-state index contributed by atoms with van der Waals surface area (Å²) in [6.45, 7) is 1.82. The van der Waals surface area contributed by atoms with Crippen molar-refractivity contribution in [3.8, 4) is 0 Å². The van der Waals surface area contributed by atoms with Gasteiger partial charge in [-0.15, -0.1) is 0 Å². The van der Waals surface area contributed by atoms with Crippen LogP contribution in [-0.4, -0.2) is 16.7 Å². The van der Waals surface area contributed by atoms with Gasteiger partial charge in [-0.25, -0.2) is 0 Å². The number of fused-ring (bicyclic) bond motifs is 1. The number of carbonyl (C=O) groups excluding carboxylic acids is 2. The summed E-state index contributed by atoms with van der Waals surface area (Å²) in [5.74, 6) is -0.992. The first-order valence-corrected chi connectivity index (χ1v) is 11.1. The van der Waals surface area contributed by atoms with E-state index in [0.29, 0.717) is 17.5 Å². The van der Waals surface area contributed by atoms with E-state index in [1.54, 1.807) is 17.6 Å². The lowest BCUT2D eigenvalue weighted by atomic mass is 9.98. The quantitative estimate of drug-likeness (QED) is 0.284. The van der Waals surface area contributed by atoms with Gasteiger partial charge in [0.05, 0.1) is 5.92 Å². The summed E-state index contributed by atoms with van der Waals surface area (Å²) >= 11 is 2.92. The molecule has 0 radical (unpaired) electrons. The molecular weight excluding hydrogens is 402 g/mol. The van der Waals surface area contributed by atoms with Gasteiger partial charge < -0.3 is 4.74 Å². The van der Waals surface area contributed by atoms with Crippen LogP contribution in [0.1, 0.15) is 34.5 Å². The molecule has 0 bridgehead atoms. The molecule has 0 fully saturated rings. The van der Waals surface area contributed by atoms with E-state index in [0.717, 1.165) is 16.3 Å². The third-order valence-electron chi connectivity index (χ3n) is 4.80. The molecular formula is C23H19NO3S2. The van der Waals surface area contributed by atoms with Crippen LogP contribution in [0.5, 0.6) is 0 Å². The number of ketones is 1. The van der Waals surface area contributed by atoms with E-state index in [-0.39, 0.29) is 5.78 Å². The predicted octanol–water partition coefficient (Wildman–Crippen LogP) is 5.70. The van der Waals surface area contributed by atoms with Gasteiger partial charge in [-0.2, -0.15) is 22.7 Å². The van der Waals surface area contributed by atoms with Crippen LogP contribution in [0.25, 0.3) is 10.8 Å². The maximum absolute atomic E-state index is 12.9. The highest BCUT2D eigenvalue weighted by Gasteiger charge is 2.29. The fourth-order valence-electron chi connectivity index (χ4n) is 3.24. The minimum atomic E-state index is -0.920. The van der Waals surface area contributed by atoms with Gasteiger partial charge in [0.15, 0.2) is 6.10 Å². The fourth-order valence-corrected chi connectivity index (χ4v) is 4.56. The molecule has 3 aromatic heterocycles. The second kappa shape index (κ2) is 8.68. The highest BCUT2D eigenvalue weighted by Crippen LogP contribution is 2.28. The summed E-state index contributed by atoms with van der Waals surface area (Å²) in [6, 6.07) is 11.5. The van der Waals surface area contributed by atoms with Crippen molar-refractivity contribution in [3.63, 3.8) is 0 Å². The van der Waals surface area contributed by atoms with Gasteiger partial charge in [-0.05, 0) is 45.6 Å². The lowest BCUT2D eigenvalue weighted by molar-refractivity contribution is -0.151. The van der Waals surface area contributed by atoms with Crippen LogP contribution in [0.2, 0.25) is 0 Å². The molecule has 0 saturated heterocycles. The molecule has 2 atom stereocenters. The van der Waals surface area contributed by atoms with Crippen molar-refractivity contribution in [2.75, 3.05) is 0 Å². The minimum Gasteiger partial charge on any atom is -0.449 e. The molecule has 4 rings (SSSR count). The molecule has 29 heavy (non-hydrogen) atoms. The number of aromatic nitrogens is 1. The maximum Gasteiger partial charge on any atom is 0.310 e. The van der Waals surface area contributed by atoms with Crippen LogP contribution < -0.4 is 0 Å². The second-order valence-electron chi connectivity index (χ2n) is 6.87. The molecule has 1 aromatic carbocycles. The summed E-state index contributed by atoms with van der Waals surface area (Å²) in [5.41, 5.74) is 2.26. The first-order valence-electron chi connectivity index (χ1n) is 9.24. The van der Waals surface area contributed by atoms with E-state index in [2.05, 4.69) is 4.98 Å². The van der Waals surface area contributed by atoms with E-state index < -0.39 is 18.0 Å². The fraction of sp³-hybridized carbons (Fsp3) is 0.174. The number of thiophene rings is 2. The molecule has 3 heterocycles. The van der Waals surface area contributed by atoms with Crippen LogP contribution in [0.15, 0.2) is 70.3 Å². The lowest BCUT2D eigenvalue weighted by Crippen LogP contribution is -2.24. The monoisotopic (exact) mass is 421 g/mol. The van der Waals surface area contributed by atoms with E-state index >= 15 is 0 Å². The number of Topliss-reactive ketones (excluding diaryl/α,β-unsaturated/α-hetero) is 1. The Hall–Kier alpha value is -2.83. The molecule has 0 N–H and O–H groups in total. The zero-order valence-corrected chi connectivity index (χ0v) is 17.4. The smallest absolute Gasteiger partial charge is 0.310 e. The molecule has 146 valence electrons. The predicted molar refractivity (Wildman–Crippen MR) is 116 cm³/mol. The van der Waals surface area contributed by atoms with E-state index in [9.17, 15) is 9.59 Å². The van der Waals surface area contributed by atoms with E-state index in [4.69, 9.17) is 4.74 Å². The van der Waals surface area contributed by atoms with E-state index in [1.807, 2.05) is 59.6 Å². The number of nitrogens with zero attached hydrogens (tertiary/aromatic N) is 1. The number of rotatable bonds is 7. The Bertz CT molecular complexity index is 1110. The SMILES string of the molecule is CC(Cc1cncc2ccccc12)C(=O)OC(C(=O)c1ccsc1)c1ccsc1. The highest BCUT2D eigenvalue weighted by atomic mass is 32.1. The van der Waals surface area contributed by atoms with Crippen molar-refractivity contribution >= 4 is 45.2 Å². The number of carbonyl (C=O) groups is 2. The van der Waals surface area contributed by atoms with Crippen LogP contribution >= 0.6 is 22.7 Å². The van der Waals surface area contributed by atoms with E-state index in [1.165, 1.54) is 22.7 Å². The van der Waals surface area contributed by atoms with Crippen LogP contribution in [-0.2, 0) is 16.0 Å². The molecule has 0 aliphatic carbocycles. The highest BCUT2D eigenvalue weighted by molar-refractivity contribution is 7.08. The van der Waals surface area contributed by atoms with Gasteiger partial charge >= 0.3 is 5.97 Å². The molecule has 0 aliphatic rings. The van der Waals surface area contributed by atoms with Crippen LogP contribution in [0.4, 0.5) is 0 Å². The minimum absolute atomic E-state index is 0.197. The summed E-state index contributed by atoms with van der Waals surface area (Å²) in [4.78, 5) is 30.1. The Balaban J connectivity index is 1.53. The summed E-state index contributed by atoms with van der Waals surface area (Å²) in [7, 11) is 0. The largest absolute Gasteiger partial charge is 0.449 e. The third-order valence-corrected chi connectivity index (χ3v) is 6.19. The molecule has 0 aliphatic heterocycles. The van der Waals surface area contributed by atoms with Gasteiger partial charge in [0.2, 0.25) is 5.78 Å². The first-order chi connectivity index (χ1) is 14.1. The standard InChI is InChI=1S/C23H19NO3S2/c1-15(10-19-12-24-11-16-4-2-3-5-20(16)19)23(26)27-22(18-7-9-29-14-18)21(25)17-6-8-28-13-17/h2-9,11-15,22H,10H2,1H3.